The smallest absolute Gasteiger partial charge is 0.170 e. The first-order chi connectivity index (χ1) is 6.70. The van der Waals surface area contributed by atoms with E-state index in [9.17, 15) is 4.79 Å². The molecule has 0 saturated heterocycles. The Labute approximate surface area is 82.4 Å². The molecule has 0 bridgehead atoms. The molecule has 0 saturated carbocycles. The first-order valence-corrected chi connectivity index (χ1v) is 4.46. The lowest BCUT2D eigenvalue weighted by Gasteiger charge is -2.12. The van der Waals surface area contributed by atoms with Gasteiger partial charge in [0.2, 0.25) is 0 Å². The summed E-state index contributed by atoms with van der Waals surface area (Å²) < 4.78 is 5.05. The van der Waals surface area contributed by atoms with Gasteiger partial charge in [-0.3, -0.25) is 9.79 Å². The van der Waals surface area contributed by atoms with E-state index in [1.165, 1.54) is 0 Å². The van der Waals surface area contributed by atoms with Crippen molar-refractivity contribution in [3.8, 4) is 5.75 Å². The number of nitrogens with zero attached hydrogens (tertiary/aromatic N) is 1. The second-order valence-electron chi connectivity index (χ2n) is 3.33. The fraction of sp³-hybridized carbons (Fsp3) is 0.273. The lowest BCUT2D eigenvalue weighted by atomic mass is 10.0. The second kappa shape index (κ2) is 3.25. The van der Waals surface area contributed by atoms with E-state index in [2.05, 4.69) is 4.99 Å². The molecule has 1 aliphatic rings. The molecule has 0 N–H and O–H groups in total. The Kier molecular flexibility index (Phi) is 2.08. The van der Waals surface area contributed by atoms with Crippen molar-refractivity contribution in [2.45, 2.75) is 13.3 Å². The molecule has 1 aliphatic heterocycles. The Morgan fingerprint density at radius 3 is 2.93 bits per heavy atom. The summed E-state index contributed by atoms with van der Waals surface area (Å²) in [4.78, 5) is 15.9. The van der Waals surface area contributed by atoms with Gasteiger partial charge in [-0.05, 0) is 25.1 Å². The summed E-state index contributed by atoms with van der Waals surface area (Å²) >= 11 is 0. The van der Waals surface area contributed by atoms with E-state index in [0.29, 0.717) is 17.7 Å². The molecule has 0 fully saturated rings. The van der Waals surface area contributed by atoms with Crippen LogP contribution in [0.15, 0.2) is 23.2 Å². The van der Waals surface area contributed by atoms with Crippen LogP contribution in [0.25, 0.3) is 0 Å². The van der Waals surface area contributed by atoms with Gasteiger partial charge in [-0.15, -0.1) is 0 Å². The summed E-state index contributed by atoms with van der Waals surface area (Å²) in [7, 11) is 1.59. The van der Waals surface area contributed by atoms with Gasteiger partial charge >= 0.3 is 0 Å². The molecule has 0 radical (unpaired) electrons. The summed E-state index contributed by atoms with van der Waals surface area (Å²) in [6.07, 6.45) is 0.417. The SMILES string of the molecule is COc1ccc2c(c1)C(=O)CC(C)=N2. The quantitative estimate of drug-likeness (QED) is 0.680. The molecule has 3 heteroatoms. The van der Waals surface area contributed by atoms with E-state index in [-0.39, 0.29) is 5.78 Å². The number of aliphatic imine (C=N–C) groups is 1. The van der Waals surface area contributed by atoms with Gasteiger partial charge in [0.25, 0.3) is 0 Å². The average Bonchev–Trinajstić information content (AvgIpc) is 2.17. The maximum absolute atomic E-state index is 11.6. The van der Waals surface area contributed by atoms with Gasteiger partial charge in [0.05, 0.1) is 12.8 Å². The Morgan fingerprint density at radius 1 is 1.43 bits per heavy atom. The van der Waals surface area contributed by atoms with Crippen molar-refractivity contribution in [3.05, 3.63) is 23.8 Å². The third-order valence-electron chi connectivity index (χ3n) is 2.23. The normalized spacial score (nSPS) is 14.7. The highest BCUT2D eigenvalue weighted by Gasteiger charge is 2.17. The van der Waals surface area contributed by atoms with Crippen molar-refractivity contribution in [2.75, 3.05) is 7.11 Å². The lowest BCUT2D eigenvalue weighted by molar-refractivity contribution is 0.0999. The van der Waals surface area contributed by atoms with Crippen LogP contribution in [0.4, 0.5) is 5.69 Å². The number of Topliss-reactive ketones (excluding diaryl/α,β-unsaturated/α-hetero) is 1. The van der Waals surface area contributed by atoms with Crippen LogP contribution in [0.1, 0.15) is 23.7 Å². The molecule has 72 valence electrons. The Morgan fingerprint density at radius 2 is 2.21 bits per heavy atom. The Balaban J connectivity index is 2.55. The predicted molar refractivity (Wildman–Crippen MR) is 54.7 cm³/mol. The number of carbonyl (C=O) groups is 1. The standard InChI is InChI=1S/C11H11NO2/c1-7-5-11(13)9-6-8(14-2)3-4-10(9)12-7/h3-4,6H,5H2,1-2H3. The number of ketones is 1. The average molecular weight is 189 g/mol. The minimum absolute atomic E-state index is 0.117. The van der Waals surface area contributed by atoms with Crippen molar-refractivity contribution < 1.29 is 9.53 Å². The molecular formula is C11H11NO2. The molecule has 1 aromatic rings. The van der Waals surface area contributed by atoms with Gasteiger partial charge in [0.1, 0.15) is 5.75 Å². The van der Waals surface area contributed by atoms with Gasteiger partial charge in [0, 0.05) is 17.7 Å². The molecule has 14 heavy (non-hydrogen) atoms. The van der Waals surface area contributed by atoms with E-state index >= 15 is 0 Å². The van der Waals surface area contributed by atoms with E-state index in [1.54, 1.807) is 13.2 Å². The van der Waals surface area contributed by atoms with Crippen LogP contribution in [0.2, 0.25) is 0 Å². The molecule has 0 amide bonds. The van der Waals surface area contributed by atoms with Crippen molar-refractivity contribution in [1.29, 1.82) is 0 Å². The highest BCUT2D eigenvalue weighted by atomic mass is 16.5. The van der Waals surface area contributed by atoms with Gasteiger partial charge in [-0.25, -0.2) is 0 Å². The van der Waals surface area contributed by atoms with Gasteiger partial charge in [-0.1, -0.05) is 0 Å². The Bertz CT molecular complexity index is 421. The van der Waals surface area contributed by atoms with Gasteiger partial charge in [-0.2, -0.15) is 0 Å². The molecule has 1 heterocycles. The zero-order valence-electron chi connectivity index (χ0n) is 8.20. The number of carbonyl (C=O) groups excluding carboxylic acids is 1. The van der Waals surface area contributed by atoms with Crippen LogP contribution in [0, 0.1) is 0 Å². The predicted octanol–water partition coefficient (Wildman–Crippen LogP) is 2.37. The van der Waals surface area contributed by atoms with E-state index in [4.69, 9.17) is 4.74 Å². The third kappa shape index (κ3) is 1.41. The van der Waals surface area contributed by atoms with Crippen LogP contribution < -0.4 is 4.74 Å². The van der Waals surface area contributed by atoms with Crippen molar-refractivity contribution in [2.24, 2.45) is 4.99 Å². The third-order valence-corrected chi connectivity index (χ3v) is 2.23. The number of methoxy groups -OCH3 is 1. The van der Waals surface area contributed by atoms with E-state index < -0.39 is 0 Å². The van der Waals surface area contributed by atoms with Crippen LogP contribution >= 0.6 is 0 Å². The maximum atomic E-state index is 11.6. The first kappa shape index (κ1) is 8.94. The fourth-order valence-electron chi connectivity index (χ4n) is 1.54. The summed E-state index contributed by atoms with van der Waals surface area (Å²) in [6.45, 7) is 1.87. The zero-order valence-corrected chi connectivity index (χ0v) is 8.20. The lowest BCUT2D eigenvalue weighted by Crippen LogP contribution is -2.10. The molecule has 3 nitrogen and oxygen atoms in total. The number of benzene rings is 1. The van der Waals surface area contributed by atoms with Crippen molar-refractivity contribution in [1.82, 2.24) is 0 Å². The molecule has 2 rings (SSSR count). The molecule has 0 spiro atoms. The maximum Gasteiger partial charge on any atom is 0.170 e. The second-order valence-corrected chi connectivity index (χ2v) is 3.33. The van der Waals surface area contributed by atoms with E-state index in [1.807, 2.05) is 19.1 Å². The molecule has 0 aromatic heterocycles. The summed E-state index contributed by atoms with van der Waals surface area (Å²) in [5.74, 6) is 0.818. The monoisotopic (exact) mass is 189 g/mol. The molecule has 1 aromatic carbocycles. The van der Waals surface area contributed by atoms with Crippen LogP contribution in [0.5, 0.6) is 5.75 Å². The number of rotatable bonds is 1. The number of fused-ring (bicyclic) bond motifs is 1. The molecule has 0 unspecified atom stereocenters. The van der Waals surface area contributed by atoms with Gasteiger partial charge < -0.3 is 4.74 Å². The minimum atomic E-state index is 0.117. The molecule has 0 atom stereocenters. The Hall–Kier alpha value is -1.64. The summed E-state index contributed by atoms with van der Waals surface area (Å²) in [5.41, 5.74) is 2.28. The number of hydrogen-bond donors (Lipinski definition) is 0. The van der Waals surface area contributed by atoms with Crippen molar-refractivity contribution in [3.63, 3.8) is 0 Å². The number of hydrogen-bond acceptors (Lipinski definition) is 3. The number of ether oxygens (including phenoxy) is 1. The minimum Gasteiger partial charge on any atom is -0.497 e. The molecule has 0 aliphatic carbocycles. The van der Waals surface area contributed by atoms with Crippen LogP contribution in [-0.2, 0) is 0 Å². The van der Waals surface area contributed by atoms with E-state index in [0.717, 1.165) is 11.4 Å². The zero-order chi connectivity index (χ0) is 10.1. The highest BCUT2D eigenvalue weighted by Crippen LogP contribution is 2.29. The summed E-state index contributed by atoms with van der Waals surface area (Å²) in [6, 6.07) is 5.37. The highest BCUT2D eigenvalue weighted by molar-refractivity contribution is 6.15. The largest absolute Gasteiger partial charge is 0.497 e. The first-order valence-electron chi connectivity index (χ1n) is 4.46. The molecular weight excluding hydrogens is 178 g/mol. The van der Waals surface area contributed by atoms with Crippen LogP contribution in [-0.4, -0.2) is 18.6 Å². The van der Waals surface area contributed by atoms with Crippen LogP contribution in [0.3, 0.4) is 0 Å². The van der Waals surface area contributed by atoms with Crippen molar-refractivity contribution >= 4 is 17.2 Å². The topological polar surface area (TPSA) is 38.7 Å². The fourth-order valence-corrected chi connectivity index (χ4v) is 1.54. The summed E-state index contributed by atoms with van der Waals surface area (Å²) in [5, 5.41) is 0. The van der Waals surface area contributed by atoms with Gasteiger partial charge in [0.15, 0.2) is 5.78 Å².